The van der Waals surface area contributed by atoms with Gasteiger partial charge < -0.3 is 15.0 Å². The number of benzene rings is 1. The van der Waals surface area contributed by atoms with Gasteiger partial charge in [0.1, 0.15) is 11.9 Å². The van der Waals surface area contributed by atoms with E-state index in [1.165, 1.54) is 0 Å². The predicted octanol–water partition coefficient (Wildman–Crippen LogP) is 2.05. The van der Waals surface area contributed by atoms with Crippen LogP contribution in [0, 0.1) is 0 Å². The van der Waals surface area contributed by atoms with Crippen molar-refractivity contribution < 1.29 is 9.90 Å². The molecular weight excluding hydrogens is 254 g/mol. The van der Waals surface area contributed by atoms with Crippen molar-refractivity contribution in [3.05, 3.63) is 30.1 Å². The molecule has 1 aromatic heterocycles. The Labute approximate surface area is 118 Å². The fourth-order valence-corrected chi connectivity index (χ4v) is 2.44. The van der Waals surface area contributed by atoms with E-state index in [1.54, 1.807) is 7.05 Å². The largest absolute Gasteiger partial charge is 0.480 e. The van der Waals surface area contributed by atoms with Crippen LogP contribution in [0.15, 0.2) is 24.3 Å². The minimum Gasteiger partial charge on any atom is -0.480 e. The molecule has 0 aliphatic rings. The van der Waals surface area contributed by atoms with Crippen LogP contribution in [0.2, 0.25) is 0 Å². The molecule has 20 heavy (non-hydrogen) atoms. The Kier molecular flexibility index (Phi) is 4.74. The summed E-state index contributed by atoms with van der Waals surface area (Å²) in [4.78, 5) is 15.7. The van der Waals surface area contributed by atoms with Crippen LogP contribution in [-0.4, -0.2) is 33.7 Å². The van der Waals surface area contributed by atoms with E-state index >= 15 is 0 Å². The van der Waals surface area contributed by atoms with Gasteiger partial charge in [0.15, 0.2) is 0 Å². The van der Waals surface area contributed by atoms with E-state index in [1.807, 2.05) is 24.3 Å². The molecule has 0 amide bonds. The molecule has 0 aliphatic carbocycles. The summed E-state index contributed by atoms with van der Waals surface area (Å²) in [5, 5.41) is 11.9. The molecule has 108 valence electrons. The monoisotopic (exact) mass is 275 g/mol. The molecule has 0 saturated carbocycles. The van der Waals surface area contributed by atoms with E-state index < -0.39 is 12.0 Å². The predicted molar refractivity (Wildman–Crippen MR) is 78.8 cm³/mol. The molecular formula is C15H21N3O2. The summed E-state index contributed by atoms with van der Waals surface area (Å²) in [5.74, 6) is 0.225. The molecule has 1 heterocycles. The van der Waals surface area contributed by atoms with Crippen LogP contribution in [-0.2, 0) is 17.8 Å². The summed E-state index contributed by atoms with van der Waals surface area (Å²) >= 11 is 0. The lowest BCUT2D eigenvalue weighted by molar-refractivity contribution is -0.139. The van der Waals surface area contributed by atoms with Crippen LogP contribution in [0.1, 0.15) is 25.6 Å². The summed E-state index contributed by atoms with van der Waals surface area (Å²) in [6, 6.07) is 7.48. The number of carbonyl (C=O) groups is 1. The molecule has 0 fully saturated rings. The van der Waals surface area contributed by atoms with Crippen molar-refractivity contribution >= 4 is 17.0 Å². The fraction of sp³-hybridized carbons (Fsp3) is 0.467. The molecule has 5 nitrogen and oxygen atoms in total. The lowest BCUT2D eigenvalue weighted by Gasteiger charge is -2.13. The Balaban J connectivity index is 2.27. The number of para-hydroxylation sites is 2. The van der Waals surface area contributed by atoms with Gasteiger partial charge in [-0.05, 0) is 32.0 Å². The van der Waals surface area contributed by atoms with Crippen molar-refractivity contribution in [1.29, 1.82) is 0 Å². The maximum atomic E-state index is 11.1. The molecule has 1 atom stereocenters. The van der Waals surface area contributed by atoms with Crippen LogP contribution in [0.3, 0.4) is 0 Å². The van der Waals surface area contributed by atoms with E-state index in [0.717, 1.165) is 29.7 Å². The normalized spacial score (nSPS) is 12.7. The van der Waals surface area contributed by atoms with Crippen LogP contribution in [0.25, 0.3) is 11.0 Å². The molecule has 1 unspecified atom stereocenters. The number of hydrogen-bond acceptors (Lipinski definition) is 3. The third kappa shape index (κ3) is 2.99. The lowest BCUT2D eigenvalue weighted by atomic mass is 10.2. The van der Waals surface area contributed by atoms with Gasteiger partial charge in [-0.25, -0.2) is 4.98 Å². The Bertz CT molecular complexity index is 592. The number of carboxylic acids is 1. The maximum absolute atomic E-state index is 11.1. The van der Waals surface area contributed by atoms with E-state index in [2.05, 4.69) is 21.8 Å². The van der Waals surface area contributed by atoms with Gasteiger partial charge in [-0.15, -0.1) is 0 Å². The van der Waals surface area contributed by atoms with Crippen LogP contribution < -0.4 is 5.32 Å². The van der Waals surface area contributed by atoms with E-state index in [4.69, 9.17) is 5.11 Å². The first-order chi connectivity index (χ1) is 9.67. The molecule has 2 rings (SSSR count). The van der Waals surface area contributed by atoms with Gasteiger partial charge in [0, 0.05) is 13.0 Å². The number of rotatable bonds is 7. The zero-order chi connectivity index (χ0) is 14.5. The second-order valence-corrected chi connectivity index (χ2v) is 4.89. The van der Waals surface area contributed by atoms with Crippen molar-refractivity contribution in [3.63, 3.8) is 0 Å². The summed E-state index contributed by atoms with van der Waals surface area (Å²) in [6.07, 6.45) is 2.48. The van der Waals surface area contributed by atoms with Gasteiger partial charge in [-0.1, -0.05) is 19.1 Å². The highest BCUT2D eigenvalue weighted by molar-refractivity contribution is 5.76. The number of aromatic nitrogens is 2. The summed E-state index contributed by atoms with van der Waals surface area (Å²) in [7, 11) is 1.68. The van der Waals surface area contributed by atoms with Crippen molar-refractivity contribution in [1.82, 2.24) is 14.9 Å². The number of imidazole rings is 1. The number of hydrogen-bond donors (Lipinski definition) is 2. The average molecular weight is 275 g/mol. The smallest absolute Gasteiger partial charge is 0.320 e. The number of aliphatic carboxylic acids is 1. The highest BCUT2D eigenvalue weighted by Gasteiger charge is 2.16. The topological polar surface area (TPSA) is 67.2 Å². The van der Waals surface area contributed by atoms with Gasteiger partial charge in [0.05, 0.1) is 11.0 Å². The molecule has 0 bridgehead atoms. The van der Waals surface area contributed by atoms with Crippen molar-refractivity contribution in [2.45, 2.75) is 38.8 Å². The molecule has 5 heteroatoms. The van der Waals surface area contributed by atoms with Crippen LogP contribution in [0.4, 0.5) is 0 Å². The Morgan fingerprint density at radius 2 is 2.20 bits per heavy atom. The minimum atomic E-state index is -0.811. The Hall–Kier alpha value is -1.88. The van der Waals surface area contributed by atoms with Crippen LogP contribution in [0.5, 0.6) is 0 Å². The highest BCUT2D eigenvalue weighted by atomic mass is 16.4. The maximum Gasteiger partial charge on any atom is 0.320 e. The number of likely N-dealkylation sites (N-methyl/N-ethyl adjacent to an activating group) is 1. The lowest BCUT2D eigenvalue weighted by Crippen LogP contribution is -2.34. The molecule has 0 aliphatic heterocycles. The second kappa shape index (κ2) is 6.52. The van der Waals surface area contributed by atoms with Gasteiger partial charge >= 0.3 is 5.97 Å². The first-order valence-electron chi connectivity index (χ1n) is 7.01. The SMILES string of the molecule is CCCc1nc2ccccc2n1CCC(NC)C(=O)O. The third-order valence-corrected chi connectivity index (χ3v) is 3.50. The molecule has 0 saturated heterocycles. The summed E-state index contributed by atoms with van der Waals surface area (Å²) in [5.41, 5.74) is 2.06. The first kappa shape index (κ1) is 14.5. The average Bonchev–Trinajstić information content (AvgIpc) is 2.77. The number of nitrogens with zero attached hydrogens (tertiary/aromatic N) is 2. The molecule has 1 aromatic carbocycles. The third-order valence-electron chi connectivity index (χ3n) is 3.50. The first-order valence-corrected chi connectivity index (χ1v) is 7.01. The summed E-state index contributed by atoms with van der Waals surface area (Å²) < 4.78 is 2.14. The highest BCUT2D eigenvalue weighted by Crippen LogP contribution is 2.18. The second-order valence-electron chi connectivity index (χ2n) is 4.89. The number of fused-ring (bicyclic) bond motifs is 1. The number of carboxylic acid groups (broad SMARTS) is 1. The number of aryl methyl sites for hydroxylation is 2. The number of nitrogens with one attached hydrogen (secondary N) is 1. The quantitative estimate of drug-likeness (QED) is 0.811. The van der Waals surface area contributed by atoms with Gasteiger partial charge in [0.25, 0.3) is 0 Å². The zero-order valence-corrected chi connectivity index (χ0v) is 12.0. The van der Waals surface area contributed by atoms with E-state index in [9.17, 15) is 4.79 Å². The standard InChI is InChI=1S/C15H21N3O2/c1-3-6-14-17-11-7-4-5-8-13(11)18(14)10-9-12(16-2)15(19)20/h4-5,7-8,12,16H,3,6,9-10H2,1-2H3,(H,19,20). The van der Waals surface area contributed by atoms with E-state index in [0.29, 0.717) is 13.0 Å². The van der Waals surface area contributed by atoms with Crippen LogP contribution >= 0.6 is 0 Å². The Morgan fingerprint density at radius 3 is 2.85 bits per heavy atom. The van der Waals surface area contributed by atoms with Gasteiger partial charge in [-0.3, -0.25) is 4.79 Å². The van der Waals surface area contributed by atoms with Gasteiger partial charge in [0.2, 0.25) is 0 Å². The molecule has 0 spiro atoms. The van der Waals surface area contributed by atoms with E-state index in [-0.39, 0.29) is 0 Å². The Morgan fingerprint density at radius 1 is 1.45 bits per heavy atom. The fourth-order valence-electron chi connectivity index (χ4n) is 2.44. The molecule has 2 N–H and O–H groups in total. The molecule has 2 aromatic rings. The zero-order valence-electron chi connectivity index (χ0n) is 12.0. The van der Waals surface area contributed by atoms with Gasteiger partial charge in [-0.2, -0.15) is 0 Å². The minimum absolute atomic E-state index is 0.523. The molecule has 0 radical (unpaired) electrons. The van der Waals surface area contributed by atoms with Crippen molar-refractivity contribution in [3.8, 4) is 0 Å². The van der Waals surface area contributed by atoms with Crippen molar-refractivity contribution in [2.75, 3.05) is 7.05 Å². The van der Waals surface area contributed by atoms with Crippen molar-refractivity contribution in [2.24, 2.45) is 0 Å². The summed E-state index contributed by atoms with van der Waals surface area (Å²) in [6.45, 7) is 2.78.